The number of hydrogen-bond acceptors (Lipinski definition) is 2. The molecule has 1 N–H and O–H groups in total. The van der Waals surface area contributed by atoms with Crippen molar-refractivity contribution in [1.29, 1.82) is 0 Å². The summed E-state index contributed by atoms with van der Waals surface area (Å²) in [5.41, 5.74) is 0. The second-order valence-corrected chi connectivity index (χ2v) is 6.21. The van der Waals surface area contributed by atoms with Crippen molar-refractivity contribution in [3.05, 3.63) is 22.4 Å². The second-order valence-electron chi connectivity index (χ2n) is 5.18. The molecule has 1 fully saturated rings. The summed E-state index contributed by atoms with van der Waals surface area (Å²) in [6, 6.07) is 5.24. The van der Waals surface area contributed by atoms with Gasteiger partial charge >= 0.3 is 0 Å². The Morgan fingerprint density at radius 1 is 1.29 bits per heavy atom. The molecule has 1 aromatic heterocycles. The van der Waals surface area contributed by atoms with Gasteiger partial charge in [0.05, 0.1) is 0 Å². The molecule has 1 aliphatic rings. The highest BCUT2D eigenvalue weighted by atomic mass is 32.1. The van der Waals surface area contributed by atoms with Crippen molar-refractivity contribution in [1.82, 2.24) is 5.32 Å². The summed E-state index contributed by atoms with van der Waals surface area (Å²) in [5.74, 6) is 0.902. The maximum Gasteiger partial charge on any atom is 0.00953 e. The minimum Gasteiger partial charge on any atom is -0.314 e. The molecule has 1 saturated carbocycles. The SMILES string of the molecule is CCNC1CCCCCC1CCc1cccs1. The molecule has 0 aromatic carbocycles. The molecule has 0 spiro atoms. The molecule has 96 valence electrons. The van der Waals surface area contributed by atoms with Crippen molar-refractivity contribution in [2.24, 2.45) is 5.92 Å². The van der Waals surface area contributed by atoms with Gasteiger partial charge in [0, 0.05) is 10.9 Å². The fourth-order valence-electron chi connectivity index (χ4n) is 3.04. The standard InChI is InChI=1S/C15H25NS/c1-2-16-15-9-5-3-4-7-13(15)10-11-14-8-6-12-17-14/h6,8,12-13,15-16H,2-5,7,9-11H2,1H3. The Morgan fingerprint density at radius 2 is 2.18 bits per heavy atom. The largest absolute Gasteiger partial charge is 0.314 e. The van der Waals surface area contributed by atoms with Gasteiger partial charge in [0.1, 0.15) is 0 Å². The molecule has 2 heteroatoms. The van der Waals surface area contributed by atoms with Gasteiger partial charge in [-0.05, 0) is 49.6 Å². The molecule has 1 aromatic rings. The van der Waals surface area contributed by atoms with Crippen LogP contribution in [-0.4, -0.2) is 12.6 Å². The predicted molar refractivity (Wildman–Crippen MR) is 76.7 cm³/mol. The van der Waals surface area contributed by atoms with Crippen LogP contribution in [0.3, 0.4) is 0 Å². The Labute approximate surface area is 110 Å². The van der Waals surface area contributed by atoms with Crippen LogP contribution in [0.2, 0.25) is 0 Å². The zero-order valence-electron chi connectivity index (χ0n) is 11.0. The van der Waals surface area contributed by atoms with Crippen LogP contribution < -0.4 is 5.32 Å². The van der Waals surface area contributed by atoms with Crippen molar-refractivity contribution in [3.63, 3.8) is 0 Å². The third-order valence-electron chi connectivity index (χ3n) is 3.97. The minimum atomic E-state index is 0.780. The molecule has 0 radical (unpaired) electrons. The topological polar surface area (TPSA) is 12.0 Å². The van der Waals surface area contributed by atoms with Crippen LogP contribution >= 0.6 is 11.3 Å². The first kappa shape index (κ1) is 13.1. The number of hydrogen-bond donors (Lipinski definition) is 1. The lowest BCUT2D eigenvalue weighted by Crippen LogP contribution is -2.35. The Balaban J connectivity index is 1.86. The van der Waals surface area contributed by atoms with Crippen molar-refractivity contribution >= 4 is 11.3 Å². The van der Waals surface area contributed by atoms with Crippen LogP contribution in [0.25, 0.3) is 0 Å². The number of thiophene rings is 1. The average molecular weight is 251 g/mol. The van der Waals surface area contributed by atoms with Crippen molar-refractivity contribution in [3.8, 4) is 0 Å². The van der Waals surface area contributed by atoms with Crippen molar-refractivity contribution < 1.29 is 0 Å². The molecule has 2 atom stereocenters. The van der Waals surface area contributed by atoms with E-state index in [-0.39, 0.29) is 0 Å². The summed E-state index contributed by atoms with van der Waals surface area (Å²) in [5, 5.41) is 5.91. The Morgan fingerprint density at radius 3 is 2.94 bits per heavy atom. The molecule has 1 aliphatic carbocycles. The lowest BCUT2D eigenvalue weighted by Gasteiger charge is -2.25. The van der Waals surface area contributed by atoms with Gasteiger partial charge in [-0.15, -0.1) is 11.3 Å². The molecular formula is C15H25NS. The average Bonchev–Trinajstić information content (AvgIpc) is 2.76. The summed E-state index contributed by atoms with van der Waals surface area (Å²) in [4.78, 5) is 1.56. The lowest BCUT2D eigenvalue weighted by atomic mass is 9.90. The van der Waals surface area contributed by atoms with Gasteiger partial charge < -0.3 is 5.32 Å². The van der Waals surface area contributed by atoms with E-state index in [1.807, 2.05) is 11.3 Å². The van der Waals surface area contributed by atoms with E-state index in [0.29, 0.717) is 0 Å². The highest BCUT2D eigenvalue weighted by Gasteiger charge is 2.22. The molecule has 0 amide bonds. The molecule has 1 nitrogen and oxygen atoms in total. The van der Waals surface area contributed by atoms with Crippen LogP contribution in [0.5, 0.6) is 0 Å². The van der Waals surface area contributed by atoms with Gasteiger partial charge in [0.25, 0.3) is 0 Å². The van der Waals surface area contributed by atoms with Gasteiger partial charge in [-0.3, -0.25) is 0 Å². The molecule has 1 heterocycles. The molecule has 2 rings (SSSR count). The maximum absolute atomic E-state index is 3.71. The van der Waals surface area contributed by atoms with Gasteiger partial charge in [0.2, 0.25) is 0 Å². The number of rotatable bonds is 5. The fourth-order valence-corrected chi connectivity index (χ4v) is 3.77. The normalized spacial score (nSPS) is 25.7. The van der Waals surface area contributed by atoms with E-state index >= 15 is 0 Å². The third kappa shape index (κ3) is 4.11. The van der Waals surface area contributed by atoms with E-state index in [0.717, 1.165) is 18.5 Å². The van der Waals surface area contributed by atoms with Gasteiger partial charge in [-0.1, -0.05) is 32.3 Å². The van der Waals surface area contributed by atoms with Crippen LogP contribution in [0.15, 0.2) is 17.5 Å². The molecule has 0 saturated heterocycles. The number of nitrogens with one attached hydrogen (secondary N) is 1. The molecule has 2 unspecified atom stereocenters. The Hall–Kier alpha value is -0.340. The third-order valence-corrected chi connectivity index (χ3v) is 4.90. The quantitative estimate of drug-likeness (QED) is 0.772. The summed E-state index contributed by atoms with van der Waals surface area (Å²) >= 11 is 1.91. The molecule has 0 bridgehead atoms. The predicted octanol–water partition coefficient (Wildman–Crippen LogP) is 4.24. The highest BCUT2D eigenvalue weighted by Crippen LogP contribution is 2.28. The van der Waals surface area contributed by atoms with Crippen molar-refractivity contribution in [2.45, 2.75) is 57.9 Å². The smallest absolute Gasteiger partial charge is 0.00953 e. The van der Waals surface area contributed by atoms with Crippen LogP contribution in [-0.2, 0) is 6.42 Å². The highest BCUT2D eigenvalue weighted by molar-refractivity contribution is 7.09. The second kappa shape index (κ2) is 7.17. The van der Waals surface area contributed by atoms with E-state index in [2.05, 4.69) is 29.8 Å². The van der Waals surface area contributed by atoms with E-state index in [4.69, 9.17) is 0 Å². The Bertz CT molecular complexity index is 294. The minimum absolute atomic E-state index is 0.780. The zero-order valence-corrected chi connectivity index (χ0v) is 11.8. The first-order valence-electron chi connectivity index (χ1n) is 7.16. The fraction of sp³-hybridized carbons (Fsp3) is 0.733. The first-order chi connectivity index (χ1) is 8.40. The van der Waals surface area contributed by atoms with Crippen molar-refractivity contribution in [2.75, 3.05) is 6.54 Å². The van der Waals surface area contributed by atoms with Gasteiger partial charge in [-0.2, -0.15) is 0 Å². The van der Waals surface area contributed by atoms with E-state index in [1.54, 1.807) is 4.88 Å². The van der Waals surface area contributed by atoms with E-state index in [1.165, 1.54) is 44.9 Å². The Kier molecular flexibility index (Phi) is 5.53. The summed E-state index contributed by atoms with van der Waals surface area (Å²) < 4.78 is 0. The van der Waals surface area contributed by atoms with Crippen LogP contribution in [0, 0.1) is 5.92 Å². The molecule has 17 heavy (non-hydrogen) atoms. The molecular weight excluding hydrogens is 226 g/mol. The molecule has 0 aliphatic heterocycles. The van der Waals surface area contributed by atoms with E-state index in [9.17, 15) is 0 Å². The van der Waals surface area contributed by atoms with Gasteiger partial charge in [-0.25, -0.2) is 0 Å². The lowest BCUT2D eigenvalue weighted by molar-refractivity contribution is 0.322. The van der Waals surface area contributed by atoms with Crippen LogP contribution in [0.4, 0.5) is 0 Å². The first-order valence-corrected chi connectivity index (χ1v) is 8.04. The zero-order chi connectivity index (χ0) is 11.9. The summed E-state index contributed by atoms with van der Waals surface area (Å²) in [6.07, 6.45) is 9.79. The number of aryl methyl sites for hydroxylation is 1. The van der Waals surface area contributed by atoms with Crippen LogP contribution in [0.1, 0.15) is 50.3 Å². The summed E-state index contributed by atoms with van der Waals surface area (Å²) in [6.45, 7) is 3.36. The summed E-state index contributed by atoms with van der Waals surface area (Å²) in [7, 11) is 0. The maximum atomic E-state index is 3.71. The van der Waals surface area contributed by atoms with E-state index < -0.39 is 0 Å². The van der Waals surface area contributed by atoms with Gasteiger partial charge in [0.15, 0.2) is 0 Å². The monoisotopic (exact) mass is 251 g/mol.